The Morgan fingerprint density at radius 2 is 1.28 bits per heavy atom. The molecule has 0 amide bonds. The average Bonchev–Trinajstić information content (AvgIpc) is 3.06. The molecule has 0 aromatic rings. The number of fused-ring (bicyclic) bond motifs is 1. The van der Waals surface area contributed by atoms with Crippen molar-refractivity contribution in [2.75, 3.05) is 0 Å². The van der Waals surface area contributed by atoms with Crippen molar-refractivity contribution in [3.05, 3.63) is 0 Å². The fourth-order valence-corrected chi connectivity index (χ4v) is 34.3. The predicted octanol–water partition coefficient (Wildman–Crippen LogP) is -1.20. The highest BCUT2D eigenvalue weighted by atomic mass is 28.5. The van der Waals surface area contributed by atoms with Gasteiger partial charge in [-0.2, -0.15) is 0 Å². The monoisotopic (exact) mass is 660 g/mol. The zero-order chi connectivity index (χ0) is 29.1. The number of unbranched alkanes of at least 4 members (excludes halogenated alkanes) is 2. The molecule has 2 bridgehead atoms. The molecule has 222 valence electrons. The Balaban J connectivity index is 1.53. The molecule has 0 radical (unpaired) electrons. The summed E-state index contributed by atoms with van der Waals surface area (Å²) in [5.74, 6) is -1.63. The van der Waals surface area contributed by atoms with Crippen molar-refractivity contribution < 1.29 is 68.0 Å². The van der Waals surface area contributed by atoms with Crippen molar-refractivity contribution >= 4 is 64.3 Å². The molecule has 0 aromatic carbocycles. The van der Waals surface area contributed by atoms with Gasteiger partial charge in [0.05, 0.1) is 12.3 Å². The van der Waals surface area contributed by atoms with E-state index in [9.17, 15) is 33.6 Å². The summed E-state index contributed by atoms with van der Waals surface area (Å²) < 4.78 is 47.4. The van der Waals surface area contributed by atoms with Gasteiger partial charge in [-0.15, -0.1) is 0 Å². The van der Waals surface area contributed by atoms with Gasteiger partial charge in [-0.3, -0.25) is 9.59 Å². The lowest BCUT2D eigenvalue weighted by molar-refractivity contribution is -0.153. The number of hydrogen-bond donors (Lipinski definition) is 5. The summed E-state index contributed by atoms with van der Waals surface area (Å²) in [5.41, 5.74) is 0. The van der Waals surface area contributed by atoms with Gasteiger partial charge in [-0.1, -0.05) is 12.8 Å². The summed E-state index contributed by atoms with van der Waals surface area (Å²) in [5, 5.41) is -5.43. The van der Waals surface area contributed by atoms with E-state index in [0.29, 0.717) is 19.3 Å². The second-order valence-electron chi connectivity index (χ2n) is 12.1. The fraction of sp³-hybridized carbons (Fsp3) is 0.889. The number of esters is 2. The standard InChI is InChI=1S/C18H36O15Si6/c1-16-18-17(2,35(5,6)31-37(18,21)30-34(16,3)4)28-39(24,25)33-36(29-18,32-38(22,23)27-16)11-9-7-8-10-13-12-14(19)26-15(13)20/h13,21-25H,7-12H2,1-6H3. The highest BCUT2D eigenvalue weighted by molar-refractivity contribution is 6.99. The molecule has 5 heterocycles. The van der Waals surface area contributed by atoms with Crippen LogP contribution in [0.15, 0.2) is 0 Å². The number of carbonyl (C=O) groups is 2. The second kappa shape index (κ2) is 8.76. The maximum Gasteiger partial charge on any atom is 0.667 e. The zero-order valence-electron chi connectivity index (χ0n) is 22.6. The van der Waals surface area contributed by atoms with Crippen LogP contribution in [0.1, 0.15) is 46.0 Å². The summed E-state index contributed by atoms with van der Waals surface area (Å²) in [6.07, 6.45) is 1.69. The minimum atomic E-state index is -5.10. The van der Waals surface area contributed by atoms with Crippen LogP contribution in [0.25, 0.3) is 0 Å². The quantitative estimate of drug-likeness (QED) is 0.0981. The van der Waals surface area contributed by atoms with Gasteiger partial charge in [-0.05, 0) is 52.9 Å². The number of carbonyl (C=O) groups excluding carboxylic acids is 2. The predicted molar refractivity (Wildman–Crippen MR) is 139 cm³/mol. The van der Waals surface area contributed by atoms with E-state index < -0.39 is 85.9 Å². The Kier molecular flexibility index (Phi) is 6.83. The van der Waals surface area contributed by atoms with Gasteiger partial charge in [0, 0.05) is 6.04 Å². The first kappa shape index (κ1) is 30.4. The molecule has 0 aromatic heterocycles. The van der Waals surface area contributed by atoms with E-state index in [2.05, 4.69) is 4.74 Å². The molecule has 5 aliphatic heterocycles. The lowest BCUT2D eigenvalue weighted by atomic mass is 10.0. The lowest BCUT2D eigenvalue weighted by Crippen LogP contribution is -2.80. The van der Waals surface area contributed by atoms with Crippen LogP contribution in [0.5, 0.6) is 0 Å². The van der Waals surface area contributed by atoms with Crippen LogP contribution in [0.4, 0.5) is 0 Å². The molecule has 21 heteroatoms. The molecule has 1 spiro atoms. The first-order valence-electron chi connectivity index (χ1n) is 12.9. The summed E-state index contributed by atoms with van der Waals surface area (Å²) in [6, 6.07) is -0.123. The summed E-state index contributed by atoms with van der Waals surface area (Å²) in [4.78, 5) is 79.6. The first-order chi connectivity index (χ1) is 17.6. The van der Waals surface area contributed by atoms with Gasteiger partial charge >= 0.3 is 47.6 Å². The van der Waals surface area contributed by atoms with Gasteiger partial charge < -0.3 is 58.5 Å². The maximum absolute atomic E-state index is 12.1. The Morgan fingerprint density at radius 3 is 1.74 bits per heavy atom. The zero-order valence-corrected chi connectivity index (χ0v) is 28.6. The van der Waals surface area contributed by atoms with E-state index in [1.165, 1.54) is 13.8 Å². The lowest BCUT2D eigenvalue weighted by Gasteiger charge is -2.53. The topological polar surface area (TPSA) is 209 Å². The number of rotatable bonds is 6. The minimum absolute atomic E-state index is 0.0239. The third-order valence-electron chi connectivity index (χ3n) is 8.93. The summed E-state index contributed by atoms with van der Waals surface area (Å²) in [7, 11) is -25.8. The van der Waals surface area contributed by atoms with Crippen LogP contribution in [0, 0.1) is 5.92 Å². The van der Waals surface area contributed by atoms with Gasteiger partial charge in [0.1, 0.15) is 10.4 Å². The van der Waals surface area contributed by atoms with Crippen molar-refractivity contribution in [2.45, 2.75) is 93.9 Å². The molecule has 3 atom stereocenters. The van der Waals surface area contributed by atoms with E-state index in [4.69, 9.17) is 29.7 Å². The number of hydrogen-bond acceptors (Lipinski definition) is 15. The second-order valence-corrected chi connectivity index (χ2v) is 29.9. The third-order valence-corrected chi connectivity index (χ3v) is 31.3. The van der Waals surface area contributed by atoms with Crippen molar-refractivity contribution in [1.82, 2.24) is 0 Å². The van der Waals surface area contributed by atoms with Crippen molar-refractivity contribution in [1.29, 1.82) is 0 Å². The molecule has 15 nitrogen and oxygen atoms in total. The van der Waals surface area contributed by atoms with E-state index in [-0.39, 0.29) is 18.9 Å². The molecule has 0 saturated carbocycles. The van der Waals surface area contributed by atoms with Gasteiger partial charge in [0.2, 0.25) is 16.6 Å². The Bertz CT molecular complexity index is 1040. The van der Waals surface area contributed by atoms with Crippen LogP contribution in [0.3, 0.4) is 0 Å². The van der Waals surface area contributed by atoms with E-state index in [1.807, 2.05) is 0 Å². The smallest absolute Gasteiger partial charge is 0.412 e. The van der Waals surface area contributed by atoms with Crippen LogP contribution < -0.4 is 0 Å². The molecule has 5 rings (SSSR count). The largest absolute Gasteiger partial charge is 0.667 e. The normalized spacial score (nSPS) is 46.9. The highest BCUT2D eigenvalue weighted by Crippen LogP contribution is 2.67. The molecule has 39 heavy (non-hydrogen) atoms. The van der Waals surface area contributed by atoms with E-state index in [1.54, 1.807) is 26.2 Å². The van der Waals surface area contributed by atoms with Crippen molar-refractivity contribution in [3.8, 4) is 0 Å². The average molecular weight is 661 g/mol. The van der Waals surface area contributed by atoms with Crippen LogP contribution in [-0.2, 0) is 44.1 Å². The number of ether oxygens (including phenoxy) is 1. The van der Waals surface area contributed by atoms with Crippen LogP contribution >= 0.6 is 0 Å². The summed E-state index contributed by atoms with van der Waals surface area (Å²) >= 11 is 0. The molecule has 5 saturated heterocycles. The Morgan fingerprint density at radius 1 is 0.769 bits per heavy atom. The van der Waals surface area contributed by atoms with Gasteiger partial charge in [-0.25, -0.2) is 0 Å². The molecule has 5 N–H and O–H groups in total. The maximum atomic E-state index is 12.1. The molecule has 5 fully saturated rings. The number of cyclic esters (lactones) is 2. The Hall–Kier alpha value is -0.0387. The van der Waals surface area contributed by atoms with Crippen LogP contribution in [-0.4, -0.2) is 104 Å². The molecular formula is C18H36O15Si6. The third kappa shape index (κ3) is 4.21. The van der Waals surface area contributed by atoms with E-state index >= 15 is 0 Å². The Labute approximate surface area is 231 Å². The molecule has 5 aliphatic rings. The van der Waals surface area contributed by atoms with Crippen LogP contribution in [0.2, 0.25) is 32.2 Å². The molecule has 0 aliphatic carbocycles. The minimum Gasteiger partial charge on any atom is -0.412 e. The van der Waals surface area contributed by atoms with Gasteiger partial charge in [0.15, 0.2) is 5.22 Å². The first-order valence-corrected chi connectivity index (χ1v) is 25.8. The SMILES string of the molecule is CC12O[Si](O)(O)O[Si]3(CCCCCC4CC(=O)OC4=O)OC14C(C)(O[Si](O)(O)O3)[Si](C)(C)O[Si]4(O)O[Si]2(C)C. The molecular weight excluding hydrogens is 625 g/mol. The molecule has 3 unspecified atom stereocenters. The highest BCUT2D eigenvalue weighted by Gasteiger charge is 2.98. The van der Waals surface area contributed by atoms with Crippen molar-refractivity contribution in [3.63, 3.8) is 0 Å². The summed E-state index contributed by atoms with van der Waals surface area (Å²) in [6.45, 7) is 9.91. The fourth-order valence-electron chi connectivity index (χ4n) is 6.68. The van der Waals surface area contributed by atoms with E-state index in [0.717, 1.165) is 0 Å². The van der Waals surface area contributed by atoms with Gasteiger partial charge in [0.25, 0.3) is 0 Å². The van der Waals surface area contributed by atoms with Crippen molar-refractivity contribution in [2.24, 2.45) is 5.92 Å².